The Hall–Kier alpha value is -2.57. The van der Waals surface area contributed by atoms with Crippen LogP contribution in [0, 0.1) is 0 Å². The van der Waals surface area contributed by atoms with Crippen LogP contribution in [0.25, 0.3) is 0 Å². The van der Waals surface area contributed by atoms with Gasteiger partial charge in [0.25, 0.3) is 11.8 Å². The molecule has 27 heavy (non-hydrogen) atoms. The molecule has 2 aromatic rings. The topological polar surface area (TPSA) is 87.3 Å². The smallest absolute Gasteiger partial charge is 0.253 e. The van der Waals surface area contributed by atoms with Crippen LogP contribution in [0.3, 0.4) is 0 Å². The van der Waals surface area contributed by atoms with Gasteiger partial charge in [0.2, 0.25) is 5.91 Å². The van der Waals surface area contributed by atoms with Gasteiger partial charge in [-0.3, -0.25) is 14.4 Å². The number of rotatable bonds is 6. The molecule has 0 aliphatic rings. The molecular weight excluding hydrogens is 389 g/mol. The van der Waals surface area contributed by atoms with Crippen LogP contribution in [-0.2, 0) is 4.79 Å². The van der Waals surface area contributed by atoms with E-state index in [9.17, 15) is 14.4 Å². The lowest BCUT2D eigenvalue weighted by atomic mass is 10.1. The van der Waals surface area contributed by atoms with Crippen molar-refractivity contribution in [2.24, 2.45) is 0 Å². The maximum Gasteiger partial charge on any atom is 0.253 e. The van der Waals surface area contributed by atoms with Crippen LogP contribution in [0.1, 0.15) is 34.6 Å². The zero-order valence-corrected chi connectivity index (χ0v) is 16.3. The molecule has 0 aromatic heterocycles. The summed E-state index contributed by atoms with van der Waals surface area (Å²) >= 11 is 11.9. The van der Waals surface area contributed by atoms with E-state index in [-0.39, 0.29) is 21.5 Å². The van der Waals surface area contributed by atoms with Gasteiger partial charge >= 0.3 is 0 Å². The van der Waals surface area contributed by atoms with Gasteiger partial charge < -0.3 is 16.0 Å². The third-order valence-electron chi connectivity index (χ3n) is 3.67. The lowest BCUT2D eigenvalue weighted by Gasteiger charge is -2.15. The van der Waals surface area contributed by atoms with Crippen molar-refractivity contribution in [1.82, 2.24) is 10.6 Å². The highest BCUT2D eigenvalue weighted by atomic mass is 35.5. The number of halogens is 2. The molecule has 0 fully saturated rings. The number of benzene rings is 2. The van der Waals surface area contributed by atoms with Crippen LogP contribution in [0.2, 0.25) is 10.0 Å². The van der Waals surface area contributed by atoms with E-state index in [2.05, 4.69) is 16.0 Å². The number of carbonyl (C=O) groups is 3. The number of amides is 3. The molecule has 1 unspecified atom stereocenters. The van der Waals surface area contributed by atoms with E-state index >= 15 is 0 Å². The van der Waals surface area contributed by atoms with Gasteiger partial charge in [-0.1, -0.05) is 35.3 Å². The standard InChI is InChI=1S/C19H19Cl2N3O3/c1-3-22-18(26)12-6-4-7-13(10-12)24-17(25)11(2)23-19(27)14-8-5-9-15(20)16(14)21/h4-11H,3H2,1-2H3,(H,22,26)(H,23,27)(H,24,25). The van der Waals surface area contributed by atoms with Gasteiger partial charge in [0.15, 0.2) is 0 Å². The highest BCUT2D eigenvalue weighted by molar-refractivity contribution is 6.43. The summed E-state index contributed by atoms with van der Waals surface area (Å²) in [5.41, 5.74) is 1.06. The summed E-state index contributed by atoms with van der Waals surface area (Å²) in [6.07, 6.45) is 0. The number of hydrogen-bond donors (Lipinski definition) is 3. The fourth-order valence-electron chi connectivity index (χ4n) is 2.27. The average Bonchev–Trinajstić information content (AvgIpc) is 2.64. The molecule has 3 amide bonds. The highest BCUT2D eigenvalue weighted by Crippen LogP contribution is 2.25. The summed E-state index contributed by atoms with van der Waals surface area (Å²) < 4.78 is 0. The van der Waals surface area contributed by atoms with Gasteiger partial charge in [-0.25, -0.2) is 0 Å². The summed E-state index contributed by atoms with van der Waals surface area (Å²) in [6.45, 7) is 3.87. The lowest BCUT2D eigenvalue weighted by Crippen LogP contribution is -2.41. The van der Waals surface area contributed by atoms with Crippen LogP contribution >= 0.6 is 23.2 Å². The fourth-order valence-corrected chi connectivity index (χ4v) is 2.66. The van der Waals surface area contributed by atoms with Crippen molar-refractivity contribution in [3.05, 3.63) is 63.6 Å². The van der Waals surface area contributed by atoms with Gasteiger partial charge in [-0.2, -0.15) is 0 Å². The van der Waals surface area contributed by atoms with E-state index in [0.29, 0.717) is 17.8 Å². The minimum absolute atomic E-state index is 0.124. The lowest BCUT2D eigenvalue weighted by molar-refractivity contribution is -0.117. The van der Waals surface area contributed by atoms with Crippen molar-refractivity contribution < 1.29 is 14.4 Å². The van der Waals surface area contributed by atoms with Crippen molar-refractivity contribution in [2.45, 2.75) is 19.9 Å². The van der Waals surface area contributed by atoms with Gasteiger partial charge in [0.05, 0.1) is 15.6 Å². The number of carbonyl (C=O) groups excluding carboxylic acids is 3. The second-order valence-electron chi connectivity index (χ2n) is 5.73. The normalized spacial score (nSPS) is 11.4. The predicted molar refractivity (Wildman–Crippen MR) is 106 cm³/mol. The Morgan fingerprint density at radius 2 is 1.74 bits per heavy atom. The zero-order valence-electron chi connectivity index (χ0n) is 14.8. The maximum atomic E-state index is 12.4. The third-order valence-corrected chi connectivity index (χ3v) is 4.49. The molecule has 0 aliphatic carbocycles. The first-order valence-electron chi connectivity index (χ1n) is 8.27. The molecule has 0 spiro atoms. The molecule has 0 saturated heterocycles. The molecule has 6 nitrogen and oxygen atoms in total. The molecule has 2 aromatic carbocycles. The quantitative estimate of drug-likeness (QED) is 0.684. The summed E-state index contributed by atoms with van der Waals surface area (Å²) in [6, 6.07) is 10.4. The molecule has 8 heteroatoms. The molecular formula is C19H19Cl2N3O3. The van der Waals surface area contributed by atoms with E-state index in [1.54, 1.807) is 43.3 Å². The van der Waals surface area contributed by atoms with Gasteiger partial charge in [-0.15, -0.1) is 0 Å². The molecule has 142 valence electrons. The second kappa shape index (κ2) is 9.39. The third kappa shape index (κ3) is 5.45. The van der Waals surface area contributed by atoms with E-state index in [1.165, 1.54) is 6.07 Å². The Morgan fingerprint density at radius 3 is 2.44 bits per heavy atom. The molecule has 0 radical (unpaired) electrons. The summed E-state index contributed by atoms with van der Waals surface area (Å²) in [4.78, 5) is 36.5. The Kier molecular flexibility index (Phi) is 7.21. The first kappa shape index (κ1) is 20.7. The molecule has 0 saturated carbocycles. The number of nitrogens with one attached hydrogen (secondary N) is 3. The van der Waals surface area contributed by atoms with E-state index in [0.717, 1.165) is 0 Å². The molecule has 3 N–H and O–H groups in total. The van der Waals surface area contributed by atoms with Crippen molar-refractivity contribution in [3.8, 4) is 0 Å². The van der Waals surface area contributed by atoms with E-state index in [1.807, 2.05) is 6.92 Å². The summed E-state index contributed by atoms with van der Waals surface area (Å²) in [7, 11) is 0. The second-order valence-corrected chi connectivity index (χ2v) is 6.51. The van der Waals surface area contributed by atoms with Crippen LogP contribution in [0.4, 0.5) is 5.69 Å². The molecule has 0 heterocycles. The van der Waals surface area contributed by atoms with Gasteiger partial charge in [0.1, 0.15) is 6.04 Å². The average molecular weight is 408 g/mol. The van der Waals surface area contributed by atoms with Gasteiger partial charge in [-0.05, 0) is 44.2 Å². The van der Waals surface area contributed by atoms with Crippen LogP contribution in [0.5, 0.6) is 0 Å². The number of hydrogen-bond acceptors (Lipinski definition) is 3. The zero-order chi connectivity index (χ0) is 20.0. The largest absolute Gasteiger partial charge is 0.352 e. The number of anilines is 1. The Bertz CT molecular complexity index is 871. The molecule has 2 rings (SSSR count). The monoisotopic (exact) mass is 407 g/mol. The first-order valence-corrected chi connectivity index (χ1v) is 9.03. The Balaban J connectivity index is 2.03. The minimum Gasteiger partial charge on any atom is -0.352 e. The predicted octanol–water partition coefficient (Wildman–Crippen LogP) is 3.50. The van der Waals surface area contributed by atoms with E-state index < -0.39 is 17.9 Å². The first-order chi connectivity index (χ1) is 12.8. The Labute approximate surface area is 167 Å². The van der Waals surface area contributed by atoms with Crippen molar-refractivity contribution >= 4 is 46.6 Å². The van der Waals surface area contributed by atoms with Crippen molar-refractivity contribution in [3.63, 3.8) is 0 Å². The summed E-state index contributed by atoms with van der Waals surface area (Å²) in [5.74, 6) is -1.18. The van der Waals surface area contributed by atoms with Gasteiger partial charge in [0, 0.05) is 17.8 Å². The molecule has 0 bridgehead atoms. The molecule has 0 aliphatic heterocycles. The fraction of sp³-hybridized carbons (Fsp3) is 0.211. The van der Waals surface area contributed by atoms with Crippen LogP contribution < -0.4 is 16.0 Å². The van der Waals surface area contributed by atoms with Crippen molar-refractivity contribution in [2.75, 3.05) is 11.9 Å². The minimum atomic E-state index is -0.833. The Morgan fingerprint density at radius 1 is 1.04 bits per heavy atom. The highest BCUT2D eigenvalue weighted by Gasteiger charge is 2.19. The van der Waals surface area contributed by atoms with Crippen LogP contribution in [-0.4, -0.2) is 30.3 Å². The van der Waals surface area contributed by atoms with Crippen LogP contribution in [0.15, 0.2) is 42.5 Å². The maximum absolute atomic E-state index is 12.4. The SMILES string of the molecule is CCNC(=O)c1cccc(NC(=O)C(C)NC(=O)c2cccc(Cl)c2Cl)c1. The molecule has 1 atom stereocenters. The van der Waals surface area contributed by atoms with Crippen molar-refractivity contribution in [1.29, 1.82) is 0 Å². The summed E-state index contributed by atoms with van der Waals surface area (Å²) in [5, 5.41) is 8.30. The van der Waals surface area contributed by atoms with E-state index in [4.69, 9.17) is 23.2 Å².